The van der Waals surface area contributed by atoms with Crippen molar-refractivity contribution in [3.05, 3.63) is 54.4 Å². The monoisotopic (exact) mass is 341 g/mol. The number of methoxy groups -OCH3 is 1. The minimum absolute atomic E-state index is 0.268. The Kier molecular flexibility index (Phi) is 5.47. The predicted octanol–water partition coefficient (Wildman–Crippen LogP) is 0.478. The van der Waals surface area contributed by atoms with Crippen molar-refractivity contribution in [3.63, 3.8) is 0 Å². The van der Waals surface area contributed by atoms with Crippen molar-refractivity contribution in [2.75, 3.05) is 20.3 Å². The first-order valence-corrected chi connectivity index (χ1v) is 7.89. The summed E-state index contributed by atoms with van der Waals surface area (Å²) >= 11 is 0. The molecule has 0 unspecified atom stereocenters. The van der Waals surface area contributed by atoms with Crippen LogP contribution in [-0.2, 0) is 17.7 Å². The molecule has 0 aliphatic carbocycles. The zero-order valence-corrected chi connectivity index (χ0v) is 13.9. The van der Waals surface area contributed by atoms with Gasteiger partial charge in [-0.1, -0.05) is 23.4 Å². The van der Waals surface area contributed by atoms with Crippen LogP contribution in [0.4, 0.5) is 0 Å². The first kappa shape index (κ1) is 16.8. The molecule has 3 aromatic rings. The number of aromatic nitrogens is 6. The van der Waals surface area contributed by atoms with E-state index >= 15 is 0 Å². The molecule has 130 valence electrons. The molecular formula is C16H19N7O2. The van der Waals surface area contributed by atoms with Gasteiger partial charge in [0.15, 0.2) is 5.69 Å². The van der Waals surface area contributed by atoms with Gasteiger partial charge in [-0.15, -0.1) is 15.3 Å². The van der Waals surface area contributed by atoms with E-state index in [0.717, 1.165) is 11.5 Å². The fourth-order valence-electron chi connectivity index (χ4n) is 2.30. The quantitative estimate of drug-likeness (QED) is 0.640. The Bertz CT molecular complexity index is 813. The lowest BCUT2D eigenvalue weighted by Gasteiger charge is -2.06. The summed E-state index contributed by atoms with van der Waals surface area (Å²) in [5.41, 5.74) is 1.12. The zero-order chi connectivity index (χ0) is 17.5. The summed E-state index contributed by atoms with van der Waals surface area (Å²) in [4.78, 5) is 12.2. The Balaban J connectivity index is 1.53. The molecular weight excluding hydrogens is 322 g/mol. The summed E-state index contributed by atoms with van der Waals surface area (Å²) in [5.74, 6) is 0.524. The molecule has 0 bridgehead atoms. The molecule has 0 fully saturated rings. The molecule has 0 spiro atoms. The van der Waals surface area contributed by atoms with Gasteiger partial charge >= 0.3 is 0 Å². The van der Waals surface area contributed by atoms with Crippen LogP contribution < -0.4 is 5.32 Å². The van der Waals surface area contributed by atoms with Crippen LogP contribution in [0.5, 0.6) is 0 Å². The molecule has 25 heavy (non-hydrogen) atoms. The average molecular weight is 341 g/mol. The maximum absolute atomic E-state index is 12.2. The van der Waals surface area contributed by atoms with Crippen LogP contribution in [-0.4, -0.2) is 55.9 Å². The molecule has 9 heteroatoms. The molecule has 9 nitrogen and oxygen atoms in total. The average Bonchev–Trinajstić information content (AvgIpc) is 3.30. The van der Waals surface area contributed by atoms with E-state index in [0.29, 0.717) is 26.1 Å². The Labute approximate surface area is 144 Å². The maximum Gasteiger partial charge on any atom is 0.273 e. The van der Waals surface area contributed by atoms with E-state index in [1.165, 1.54) is 0 Å². The lowest BCUT2D eigenvalue weighted by atomic mass is 10.3. The zero-order valence-electron chi connectivity index (χ0n) is 13.9. The van der Waals surface area contributed by atoms with Gasteiger partial charge in [-0.05, 0) is 12.1 Å². The van der Waals surface area contributed by atoms with Crippen LogP contribution in [0.3, 0.4) is 0 Å². The number of rotatable bonds is 8. The van der Waals surface area contributed by atoms with E-state index < -0.39 is 0 Å². The number of hydrogen-bond acceptors (Lipinski definition) is 6. The van der Waals surface area contributed by atoms with Crippen molar-refractivity contribution >= 4 is 5.91 Å². The number of ether oxygens (including phenoxy) is 1. The van der Waals surface area contributed by atoms with Crippen LogP contribution in [0.1, 0.15) is 16.3 Å². The van der Waals surface area contributed by atoms with Crippen LogP contribution in [0.2, 0.25) is 0 Å². The van der Waals surface area contributed by atoms with Crippen molar-refractivity contribution in [1.29, 1.82) is 0 Å². The molecule has 0 atom stereocenters. The van der Waals surface area contributed by atoms with E-state index in [2.05, 4.69) is 25.8 Å². The number of nitrogens with one attached hydrogen (secondary N) is 1. The third-order valence-corrected chi connectivity index (χ3v) is 3.61. The number of para-hydroxylation sites is 1. The molecule has 3 rings (SSSR count). The molecule has 1 aromatic carbocycles. The van der Waals surface area contributed by atoms with Gasteiger partial charge in [0.2, 0.25) is 0 Å². The first-order chi connectivity index (χ1) is 12.3. The summed E-state index contributed by atoms with van der Waals surface area (Å²) in [6.45, 7) is 1.70. The summed E-state index contributed by atoms with van der Waals surface area (Å²) in [7, 11) is 1.65. The number of nitrogens with zero attached hydrogens (tertiary/aromatic N) is 6. The molecule has 2 heterocycles. The van der Waals surface area contributed by atoms with Crippen molar-refractivity contribution in [3.8, 4) is 5.69 Å². The second-order valence-electron chi connectivity index (χ2n) is 5.32. The molecule has 0 saturated heterocycles. The van der Waals surface area contributed by atoms with Crippen molar-refractivity contribution in [2.45, 2.75) is 13.0 Å². The lowest BCUT2D eigenvalue weighted by Crippen LogP contribution is -2.27. The second-order valence-corrected chi connectivity index (χ2v) is 5.32. The molecule has 0 aliphatic rings. The highest BCUT2D eigenvalue weighted by Crippen LogP contribution is 2.05. The number of carbonyl (C=O) groups is 1. The maximum atomic E-state index is 12.2. The number of benzene rings is 1. The van der Waals surface area contributed by atoms with Gasteiger partial charge in [0, 0.05) is 26.6 Å². The van der Waals surface area contributed by atoms with Crippen LogP contribution in [0, 0.1) is 0 Å². The van der Waals surface area contributed by atoms with E-state index in [-0.39, 0.29) is 11.6 Å². The van der Waals surface area contributed by atoms with Crippen LogP contribution in [0.15, 0.2) is 42.9 Å². The molecule has 1 N–H and O–H groups in total. The van der Waals surface area contributed by atoms with Crippen molar-refractivity contribution < 1.29 is 9.53 Å². The highest BCUT2D eigenvalue weighted by atomic mass is 16.5. The molecule has 2 aromatic heterocycles. The van der Waals surface area contributed by atoms with Crippen LogP contribution >= 0.6 is 0 Å². The van der Waals surface area contributed by atoms with Crippen molar-refractivity contribution in [2.24, 2.45) is 0 Å². The predicted molar refractivity (Wildman–Crippen MR) is 89.3 cm³/mol. The largest absolute Gasteiger partial charge is 0.383 e. The Hall–Kier alpha value is -3.07. The smallest absolute Gasteiger partial charge is 0.273 e. The Morgan fingerprint density at radius 2 is 2.08 bits per heavy atom. The lowest BCUT2D eigenvalue weighted by molar-refractivity contribution is 0.0948. The highest BCUT2D eigenvalue weighted by Gasteiger charge is 2.12. The van der Waals surface area contributed by atoms with E-state index in [1.807, 2.05) is 34.9 Å². The highest BCUT2D eigenvalue weighted by molar-refractivity contribution is 5.91. The van der Waals surface area contributed by atoms with E-state index in [4.69, 9.17) is 4.74 Å². The Morgan fingerprint density at radius 3 is 2.88 bits per heavy atom. The summed E-state index contributed by atoms with van der Waals surface area (Å²) in [5, 5.41) is 18.7. The van der Waals surface area contributed by atoms with Crippen molar-refractivity contribution in [1.82, 2.24) is 35.1 Å². The molecule has 0 aliphatic heterocycles. The molecule has 0 saturated carbocycles. The molecule has 0 radical (unpaired) electrons. The van der Waals surface area contributed by atoms with Gasteiger partial charge in [0.05, 0.1) is 18.5 Å². The van der Waals surface area contributed by atoms with Gasteiger partial charge in [-0.25, -0.2) is 4.68 Å². The SMILES string of the molecule is COCCn1cnnc1CCNC(=O)c1cn(-c2ccccc2)nn1. The van der Waals surface area contributed by atoms with Gasteiger partial charge < -0.3 is 14.6 Å². The third-order valence-electron chi connectivity index (χ3n) is 3.61. The van der Waals surface area contributed by atoms with Gasteiger partial charge in [-0.3, -0.25) is 4.79 Å². The second kappa shape index (κ2) is 8.15. The third kappa shape index (κ3) is 4.27. The summed E-state index contributed by atoms with van der Waals surface area (Å²) in [6.07, 6.45) is 3.83. The van der Waals surface area contributed by atoms with Gasteiger partial charge in [0.25, 0.3) is 5.91 Å². The van der Waals surface area contributed by atoms with E-state index in [9.17, 15) is 4.79 Å². The fourth-order valence-corrected chi connectivity index (χ4v) is 2.30. The van der Waals surface area contributed by atoms with E-state index in [1.54, 1.807) is 24.3 Å². The first-order valence-electron chi connectivity index (χ1n) is 7.89. The summed E-state index contributed by atoms with van der Waals surface area (Å²) < 4.78 is 8.52. The Morgan fingerprint density at radius 1 is 1.24 bits per heavy atom. The standard InChI is InChI=1S/C16H19N7O2/c1-25-10-9-22-12-18-20-15(22)7-8-17-16(24)14-11-23(21-19-14)13-5-3-2-4-6-13/h2-6,11-12H,7-10H2,1H3,(H,17,24). The van der Waals surface area contributed by atoms with Gasteiger partial charge in [0.1, 0.15) is 12.2 Å². The number of hydrogen-bond donors (Lipinski definition) is 1. The fraction of sp³-hybridized carbons (Fsp3) is 0.312. The van der Waals surface area contributed by atoms with Crippen LogP contribution in [0.25, 0.3) is 5.69 Å². The minimum Gasteiger partial charge on any atom is -0.383 e. The number of amides is 1. The number of carbonyl (C=O) groups excluding carboxylic acids is 1. The van der Waals surface area contributed by atoms with Gasteiger partial charge in [-0.2, -0.15) is 0 Å². The topological polar surface area (TPSA) is 99.8 Å². The normalized spacial score (nSPS) is 10.8. The minimum atomic E-state index is -0.273. The summed E-state index contributed by atoms with van der Waals surface area (Å²) in [6, 6.07) is 9.50. The molecule has 1 amide bonds.